The molecule has 1 aliphatic carbocycles. The molecule has 4 rings (SSSR count). The van der Waals surface area contributed by atoms with Crippen LogP contribution in [0, 0.1) is 33.6 Å². The topological polar surface area (TPSA) is 46.9 Å². The number of benzene rings is 1. The van der Waals surface area contributed by atoms with Crippen molar-refractivity contribution in [3.05, 3.63) is 63.2 Å². The van der Waals surface area contributed by atoms with Crippen LogP contribution in [0.3, 0.4) is 0 Å². The zero-order valence-corrected chi connectivity index (χ0v) is 17.8. The highest BCUT2D eigenvalue weighted by Crippen LogP contribution is 2.41. The minimum absolute atomic E-state index is 0.0697. The predicted octanol–water partition coefficient (Wildman–Crippen LogP) is 5.11. The van der Waals surface area contributed by atoms with Gasteiger partial charge in [0, 0.05) is 22.3 Å². The third-order valence-electron chi connectivity index (χ3n) is 5.62. The fourth-order valence-corrected chi connectivity index (χ4v) is 4.44. The number of carbonyl (C=O) groups excluding carboxylic acids is 1. The van der Waals surface area contributed by atoms with Crippen LogP contribution in [-0.4, -0.2) is 15.5 Å². The maximum absolute atomic E-state index is 12.9. The number of thiazole rings is 1. The summed E-state index contributed by atoms with van der Waals surface area (Å²) in [6.45, 7) is 8.58. The van der Waals surface area contributed by atoms with E-state index in [2.05, 4.69) is 71.4 Å². The molecular formula is C23H27N3OS. The van der Waals surface area contributed by atoms with Gasteiger partial charge in [0.1, 0.15) is 6.54 Å². The summed E-state index contributed by atoms with van der Waals surface area (Å²) in [5, 5.41) is 6.44. The first-order chi connectivity index (χ1) is 13.4. The Hall–Kier alpha value is -2.40. The second-order valence-electron chi connectivity index (χ2n) is 7.92. The molecule has 146 valence electrons. The van der Waals surface area contributed by atoms with Gasteiger partial charge in [0.2, 0.25) is 5.91 Å². The molecule has 4 nitrogen and oxygen atoms in total. The average molecular weight is 394 g/mol. The maximum Gasteiger partial charge on any atom is 0.240 e. The predicted molar refractivity (Wildman–Crippen MR) is 115 cm³/mol. The zero-order chi connectivity index (χ0) is 19.8. The lowest BCUT2D eigenvalue weighted by Crippen LogP contribution is -2.33. The lowest BCUT2D eigenvalue weighted by Gasteiger charge is -2.20. The molecule has 0 saturated heterocycles. The smallest absolute Gasteiger partial charge is 0.240 e. The maximum atomic E-state index is 12.9. The van der Waals surface area contributed by atoms with Gasteiger partial charge in [-0.15, -0.1) is 11.3 Å². The average Bonchev–Trinajstić information content (AvgIpc) is 3.36. The Bertz CT molecular complexity index is 996. The molecule has 0 spiro atoms. The third kappa shape index (κ3) is 3.90. The third-order valence-corrected chi connectivity index (χ3v) is 6.39. The van der Waals surface area contributed by atoms with Crippen molar-refractivity contribution in [2.24, 2.45) is 5.92 Å². The Morgan fingerprint density at radius 1 is 1.21 bits per heavy atom. The molecule has 5 heteroatoms. The zero-order valence-electron chi connectivity index (χ0n) is 17.0. The van der Waals surface area contributed by atoms with Crippen LogP contribution >= 0.6 is 11.3 Å². The van der Waals surface area contributed by atoms with Crippen LogP contribution in [0.2, 0.25) is 0 Å². The number of aryl methyl sites for hydroxylation is 3. The summed E-state index contributed by atoms with van der Waals surface area (Å²) in [7, 11) is 0. The number of aromatic nitrogens is 2. The number of hydrogen-bond acceptors (Lipinski definition) is 3. The molecule has 0 bridgehead atoms. The van der Waals surface area contributed by atoms with E-state index in [1.807, 2.05) is 6.92 Å². The van der Waals surface area contributed by atoms with Crippen molar-refractivity contribution in [3.8, 4) is 11.3 Å². The van der Waals surface area contributed by atoms with Gasteiger partial charge < -0.3 is 9.88 Å². The van der Waals surface area contributed by atoms with E-state index in [1.54, 1.807) is 11.3 Å². The van der Waals surface area contributed by atoms with Crippen molar-refractivity contribution in [3.63, 3.8) is 0 Å². The van der Waals surface area contributed by atoms with Gasteiger partial charge in [-0.3, -0.25) is 4.79 Å². The van der Waals surface area contributed by atoms with E-state index >= 15 is 0 Å². The molecule has 1 N–H and O–H groups in total. The van der Waals surface area contributed by atoms with Gasteiger partial charge in [0.25, 0.3) is 0 Å². The van der Waals surface area contributed by atoms with Gasteiger partial charge in [-0.25, -0.2) is 4.98 Å². The van der Waals surface area contributed by atoms with E-state index in [-0.39, 0.29) is 11.9 Å². The van der Waals surface area contributed by atoms with E-state index in [0.717, 1.165) is 27.7 Å². The van der Waals surface area contributed by atoms with Gasteiger partial charge in [0.15, 0.2) is 0 Å². The molecule has 1 aliphatic rings. The fraction of sp³-hybridized carbons (Fsp3) is 0.391. The van der Waals surface area contributed by atoms with E-state index in [0.29, 0.717) is 12.5 Å². The minimum Gasteiger partial charge on any atom is -0.347 e. The van der Waals surface area contributed by atoms with Crippen LogP contribution < -0.4 is 5.32 Å². The highest BCUT2D eigenvalue weighted by molar-refractivity contribution is 7.09. The van der Waals surface area contributed by atoms with Gasteiger partial charge in [-0.1, -0.05) is 29.8 Å². The van der Waals surface area contributed by atoms with E-state index < -0.39 is 0 Å². The Morgan fingerprint density at radius 3 is 2.54 bits per heavy atom. The standard InChI is InChI=1S/C23H27N3OS/c1-14-5-7-18(8-6-14)23(19-9-10-19)25-22(27)12-26-15(2)11-20(16(26)3)21-13-28-17(4)24-21/h5-8,11,13,19,23H,9-10,12H2,1-4H3,(H,25,27). The van der Waals surface area contributed by atoms with Crippen molar-refractivity contribution >= 4 is 17.2 Å². The van der Waals surface area contributed by atoms with Crippen LogP contribution in [0.4, 0.5) is 0 Å². The molecule has 0 radical (unpaired) electrons. The van der Waals surface area contributed by atoms with E-state index in [4.69, 9.17) is 0 Å². The van der Waals surface area contributed by atoms with Crippen molar-refractivity contribution in [1.82, 2.24) is 14.9 Å². The van der Waals surface area contributed by atoms with Crippen LogP contribution in [0.25, 0.3) is 11.3 Å². The van der Waals surface area contributed by atoms with Gasteiger partial charge in [-0.2, -0.15) is 0 Å². The van der Waals surface area contributed by atoms with Crippen molar-refractivity contribution in [2.75, 3.05) is 0 Å². The summed E-state index contributed by atoms with van der Waals surface area (Å²) in [5.41, 5.74) is 6.75. The molecule has 28 heavy (non-hydrogen) atoms. The number of nitrogens with zero attached hydrogens (tertiary/aromatic N) is 2. The second-order valence-corrected chi connectivity index (χ2v) is 8.98. The molecule has 1 aromatic carbocycles. The SMILES string of the molecule is Cc1ccc(C(NC(=O)Cn2c(C)cc(-c3csc(C)n3)c2C)C2CC2)cc1. The molecule has 1 saturated carbocycles. The Labute approximate surface area is 170 Å². The number of hydrogen-bond donors (Lipinski definition) is 1. The molecule has 0 aliphatic heterocycles. The Kier molecular flexibility index (Phi) is 5.11. The summed E-state index contributed by atoms with van der Waals surface area (Å²) in [4.78, 5) is 17.5. The van der Waals surface area contributed by atoms with Crippen LogP contribution in [-0.2, 0) is 11.3 Å². The molecular weight excluding hydrogens is 366 g/mol. The number of carbonyl (C=O) groups is 1. The van der Waals surface area contributed by atoms with Crippen molar-refractivity contribution < 1.29 is 4.79 Å². The lowest BCUT2D eigenvalue weighted by molar-refractivity contribution is -0.122. The minimum atomic E-state index is 0.0697. The monoisotopic (exact) mass is 393 g/mol. The molecule has 1 fully saturated rings. The first kappa shape index (κ1) is 18.9. The van der Waals surface area contributed by atoms with Gasteiger partial charge in [0.05, 0.1) is 16.7 Å². The largest absolute Gasteiger partial charge is 0.347 e. The molecule has 2 heterocycles. The first-order valence-corrected chi connectivity index (χ1v) is 10.8. The van der Waals surface area contributed by atoms with Crippen molar-refractivity contribution in [1.29, 1.82) is 0 Å². The molecule has 1 unspecified atom stereocenters. The summed E-state index contributed by atoms with van der Waals surface area (Å²) < 4.78 is 2.10. The Morgan fingerprint density at radius 2 is 1.93 bits per heavy atom. The summed E-state index contributed by atoms with van der Waals surface area (Å²) in [6, 6.07) is 10.8. The highest BCUT2D eigenvalue weighted by atomic mass is 32.1. The summed E-state index contributed by atoms with van der Waals surface area (Å²) in [5.74, 6) is 0.632. The lowest BCUT2D eigenvalue weighted by atomic mass is 10.0. The number of rotatable bonds is 6. The quantitative estimate of drug-likeness (QED) is 0.632. The first-order valence-electron chi connectivity index (χ1n) is 9.87. The summed E-state index contributed by atoms with van der Waals surface area (Å²) >= 11 is 1.65. The van der Waals surface area contributed by atoms with Crippen molar-refractivity contribution in [2.45, 2.75) is 53.1 Å². The molecule has 2 aromatic heterocycles. The van der Waals surface area contributed by atoms with Crippen LogP contribution in [0.5, 0.6) is 0 Å². The van der Waals surface area contributed by atoms with Gasteiger partial charge >= 0.3 is 0 Å². The highest BCUT2D eigenvalue weighted by Gasteiger charge is 2.33. The normalized spacial score (nSPS) is 14.9. The van der Waals surface area contributed by atoms with E-state index in [1.165, 1.54) is 24.0 Å². The summed E-state index contributed by atoms with van der Waals surface area (Å²) in [6.07, 6.45) is 2.38. The molecule has 1 atom stereocenters. The van der Waals surface area contributed by atoms with Gasteiger partial charge in [-0.05, 0) is 58.1 Å². The number of nitrogens with one attached hydrogen (secondary N) is 1. The molecule has 1 amide bonds. The van der Waals surface area contributed by atoms with Crippen LogP contribution in [0.1, 0.15) is 46.4 Å². The van der Waals surface area contributed by atoms with Crippen LogP contribution in [0.15, 0.2) is 35.7 Å². The second kappa shape index (κ2) is 7.55. The fourth-order valence-electron chi connectivity index (χ4n) is 3.83. The Balaban J connectivity index is 1.51. The number of amides is 1. The molecule has 3 aromatic rings. The van der Waals surface area contributed by atoms with E-state index in [9.17, 15) is 4.79 Å².